The molecular weight excluding hydrogens is 285 g/mol. The van der Waals surface area contributed by atoms with Gasteiger partial charge < -0.3 is 9.84 Å². The summed E-state index contributed by atoms with van der Waals surface area (Å²) in [6, 6.07) is 2.26. The van der Waals surface area contributed by atoms with Crippen LogP contribution in [0, 0.1) is 10.1 Å². The number of carbonyl (C=O) groups is 1. The van der Waals surface area contributed by atoms with Crippen LogP contribution in [0.3, 0.4) is 0 Å². The summed E-state index contributed by atoms with van der Waals surface area (Å²) in [7, 11) is 0. The summed E-state index contributed by atoms with van der Waals surface area (Å²) in [5, 5.41) is 19.5. The van der Waals surface area contributed by atoms with Gasteiger partial charge in [-0.2, -0.15) is 0 Å². The summed E-state index contributed by atoms with van der Waals surface area (Å²) in [6.45, 7) is 1.49. The Morgan fingerprint density at radius 1 is 1.50 bits per heavy atom. The number of aliphatic carboxylic acids is 1. The lowest BCUT2D eigenvalue weighted by Crippen LogP contribution is -2.17. The van der Waals surface area contributed by atoms with Gasteiger partial charge in [-0.25, -0.2) is 0 Å². The predicted octanol–water partition coefficient (Wildman–Crippen LogP) is 3.14. The van der Waals surface area contributed by atoms with Crippen LogP contribution in [0.15, 0.2) is 12.1 Å². The number of carboxylic acid groups (broad SMARTS) is 1. The largest absolute Gasteiger partial charge is 0.483 e. The quantitative estimate of drug-likeness (QED) is 0.665. The maximum absolute atomic E-state index is 10.8. The van der Waals surface area contributed by atoms with E-state index in [-0.39, 0.29) is 27.9 Å². The Hall–Kier alpha value is -1.53. The van der Waals surface area contributed by atoms with Crippen LogP contribution < -0.4 is 4.74 Å². The molecule has 0 radical (unpaired) electrons. The Balaban J connectivity index is 3.03. The predicted molar refractivity (Wildman–Crippen MR) is 65.5 cm³/mol. The Kier molecular flexibility index (Phi) is 4.75. The Morgan fingerprint density at radius 3 is 2.56 bits per heavy atom. The van der Waals surface area contributed by atoms with Crippen molar-refractivity contribution in [3.63, 3.8) is 0 Å². The van der Waals surface area contributed by atoms with E-state index in [2.05, 4.69) is 0 Å². The molecule has 0 spiro atoms. The van der Waals surface area contributed by atoms with Crippen molar-refractivity contribution in [2.75, 3.05) is 0 Å². The smallest absolute Gasteiger partial charge is 0.312 e. The molecule has 0 saturated heterocycles. The van der Waals surface area contributed by atoms with Gasteiger partial charge in [0.15, 0.2) is 5.75 Å². The summed E-state index contributed by atoms with van der Waals surface area (Å²) in [5.41, 5.74) is -0.360. The standard InChI is InChI=1S/C10H9Cl2NO5/c1-5(2-10(14)15)18-9-4-7(12)6(11)3-8(9)13(16)17/h3-5H,2H2,1H3,(H,14,15)/t5-/m0/s1. The molecule has 0 aliphatic carbocycles. The SMILES string of the molecule is C[C@@H](CC(=O)O)Oc1cc(Cl)c(Cl)cc1[N+](=O)[O-]. The molecule has 1 aromatic rings. The minimum absolute atomic E-state index is 0.0293. The maximum Gasteiger partial charge on any atom is 0.312 e. The number of hydrogen-bond acceptors (Lipinski definition) is 4. The van der Waals surface area contributed by atoms with E-state index in [1.54, 1.807) is 0 Å². The van der Waals surface area contributed by atoms with Crippen LogP contribution in [0.2, 0.25) is 10.0 Å². The number of carboxylic acids is 1. The summed E-state index contributed by atoms with van der Waals surface area (Å²) < 4.78 is 5.19. The van der Waals surface area contributed by atoms with Crippen LogP contribution >= 0.6 is 23.2 Å². The summed E-state index contributed by atoms with van der Waals surface area (Å²) in [5.74, 6) is -1.17. The molecule has 1 rings (SSSR count). The van der Waals surface area contributed by atoms with Crippen molar-refractivity contribution in [1.82, 2.24) is 0 Å². The third kappa shape index (κ3) is 3.75. The number of nitrogens with zero attached hydrogens (tertiary/aromatic N) is 1. The third-order valence-electron chi connectivity index (χ3n) is 1.99. The van der Waals surface area contributed by atoms with E-state index in [1.807, 2.05) is 0 Å². The molecule has 0 aromatic heterocycles. The van der Waals surface area contributed by atoms with Crippen molar-refractivity contribution >= 4 is 34.9 Å². The van der Waals surface area contributed by atoms with Gasteiger partial charge in [-0.1, -0.05) is 23.2 Å². The van der Waals surface area contributed by atoms with Crippen LogP contribution in [-0.4, -0.2) is 22.1 Å². The highest BCUT2D eigenvalue weighted by molar-refractivity contribution is 6.42. The van der Waals surface area contributed by atoms with E-state index >= 15 is 0 Å². The second-order valence-corrected chi connectivity index (χ2v) is 4.33. The molecule has 1 N–H and O–H groups in total. The first kappa shape index (κ1) is 14.5. The number of halogens is 2. The number of nitro benzene ring substituents is 1. The van der Waals surface area contributed by atoms with E-state index in [1.165, 1.54) is 13.0 Å². The van der Waals surface area contributed by atoms with Crippen molar-refractivity contribution in [3.05, 3.63) is 32.3 Å². The molecule has 1 aromatic carbocycles. The highest BCUT2D eigenvalue weighted by Crippen LogP contribution is 2.36. The number of benzene rings is 1. The third-order valence-corrected chi connectivity index (χ3v) is 2.71. The molecule has 1 atom stereocenters. The van der Waals surface area contributed by atoms with Gasteiger partial charge in [0.25, 0.3) is 0 Å². The summed E-state index contributed by atoms with van der Waals surface area (Å²) in [6.07, 6.45) is -1.00. The van der Waals surface area contributed by atoms with E-state index in [4.69, 9.17) is 33.0 Å². The van der Waals surface area contributed by atoms with Crippen LogP contribution in [0.1, 0.15) is 13.3 Å². The number of nitro groups is 1. The minimum atomic E-state index is -1.06. The molecule has 18 heavy (non-hydrogen) atoms. The van der Waals surface area contributed by atoms with Crippen LogP contribution in [0.25, 0.3) is 0 Å². The molecular formula is C10H9Cl2NO5. The monoisotopic (exact) mass is 293 g/mol. The van der Waals surface area contributed by atoms with E-state index in [9.17, 15) is 14.9 Å². The fourth-order valence-corrected chi connectivity index (χ4v) is 1.57. The molecule has 0 bridgehead atoms. The van der Waals surface area contributed by atoms with Gasteiger partial charge in [-0.05, 0) is 6.92 Å². The van der Waals surface area contributed by atoms with Gasteiger partial charge in [0.1, 0.15) is 6.10 Å². The van der Waals surface area contributed by atoms with E-state index < -0.39 is 17.0 Å². The topological polar surface area (TPSA) is 89.7 Å². The molecule has 0 aliphatic heterocycles. The molecule has 8 heteroatoms. The minimum Gasteiger partial charge on any atom is -0.483 e. The lowest BCUT2D eigenvalue weighted by molar-refractivity contribution is -0.386. The first-order valence-corrected chi connectivity index (χ1v) is 5.58. The zero-order chi connectivity index (χ0) is 13.9. The molecule has 0 fully saturated rings. The van der Waals surface area contributed by atoms with Gasteiger partial charge in [0.05, 0.1) is 21.4 Å². The Bertz CT molecular complexity index is 491. The van der Waals surface area contributed by atoms with Crippen molar-refractivity contribution in [2.45, 2.75) is 19.4 Å². The van der Waals surface area contributed by atoms with E-state index in [0.29, 0.717) is 0 Å². The van der Waals surface area contributed by atoms with E-state index in [0.717, 1.165) is 6.07 Å². The molecule has 0 heterocycles. The van der Waals surface area contributed by atoms with Crippen molar-refractivity contribution in [3.8, 4) is 5.75 Å². The van der Waals surface area contributed by atoms with Gasteiger partial charge in [-0.15, -0.1) is 0 Å². The van der Waals surface area contributed by atoms with Gasteiger partial charge in [0, 0.05) is 12.1 Å². The van der Waals surface area contributed by atoms with Crippen LogP contribution in [-0.2, 0) is 4.79 Å². The van der Waals surface area contributed by atoms with Crippen LogP contribution in [0.4, 0.5) is 5.69 Å². The molecule has 0 amide bonds. The fourth-order valence-electron chi connectivity index (χ4n) is 1.26. The molecule has 6 nitrogen and oxygen atoms in total. The molecule has 0 aliphatic rings. The number of hydrogen-bond donors (Lipinski definition) is 1. The Morgan fingerprint density at radius 2 is 2.06 bits per heavy atom. The lowest BCUT2D eigenvalue weighted by Gasteiger charge is -2.13. The fraction of sp³-hybridized carbons (Fsp3) is 0.300. The second-order valence-electron chi connectivity index (χ2n) is 3.52. The van der Waals surface area contributed by atoms with Gasteiger partial charge >= 0.3 is 11.7 Å². The number of rotatable bonds is 5. The average Bonchev–Trinajstić information content (AvgIpc) is 2.21. The summed E-state index contributed by atoms with van der Waals surface area (Å²) in [4.78, 5) is 20.6. The van der Waals surface area contributed by atoms with Crippen molar-refractivity contribution < 1.29 is 19.6 Å². The van der Waals surface area contributed by atoms with Gasteiger partial charge in [-0.3, -0.25) is 14.9 Å². The average molecular weight is 294 g/mol. The normalized spacial score (nSPS) is 11.9. The maximum atomic E-state index is 10.8. The van der Waals surface area contributed by atoms with Crippen molar-refractivity contribution in [1.29, 1.82) is 0 Å². The molecule has 0 unspecified atom stereocenters. The van der Waals surface area contributed by atoms with Crippen LogP contribution in [0.5, 0.6) is 5.75 Å². The van der Waals surface area contributed by atoms with Crippen molar-refractivity contribution in [2.24, 2.45) is 0 Å². The first-order chi connectivity index (χ1) is 8.31. The molecule has 0 saturated carbocycles. The number of ether oxygens (including phenoxy) is 1. The first-order valence-electron chi connectivity index (χ1n) is 4.83. The second kappa shape index (κ2) is 5.88. The highest BCUT2D eigenvalue weighted by Gasteiger charge is 2.21. The zero-order valence-corrected chi connectivity index (χ0v) is 10.7. The van der Waals surface area contributed by atoms with Gasteiger partial charge in [0.2, 0.25) is 0 Å². The molecule has 98 valence electrons. The zero-order valence-electron chi connectivity index (χ0n) is 9.22. The lowest BCUT2D eigenvalue weighted by atomic mass is 10.2. The Labute approximate surface area is 112 Å². The highest BCUT2D eigenvalue weighted by atomic mass is 35.5. The summed E-state index contributed by atoms with van der Waals surface area (Å²) >= 11 is 11.4.